The van der Waals surface area contributed by atoms with Gasteiger partial charge in [0, 0.05) is 35.3 Å². The summed E-state index contributed by atoms with van der Waals surface area (Å²) in [5.74, 6) is 0.476. The van der Waals surface area contributed by atoms with Crippen LogP contribution < -0.4 is 0 Å². The average molecular weight is 283 g/mol. The van der Waals surface area contributed by atoms with E-state index in [9.17, 15) is 13.2 Å². The van der Waals surface area contributed by atoms with E-state index >= 15 is 0 Å². The summed E-state index contributed by atoms with van der Waals surface area (Å²) in [6, 6.07) is 0. The zero-order valence-corrected chi connectivity index (χ0v) is 10.8. The van der Waals surface area contributed by atoms with Crippen LogP contribution in [0.1, 0.15) is 6.42 Å². The van der Waals surface area contributed by atoms with Crippen molar-refractivity contribution >= 4 is 42.6 Å². The van der Waals surface area contributed by atoms with Gasteiger partial charge in [-0.1, -0.05) is 11.8 Å². The van der Waals surface area contributed by atoms with Crippen molar-refractivity contribution in [2.24, 2.45) is 10.9 Å². The molecule has 0 aromatic rings. The molecule has 1 fully saturated rings. The Kier molecular flexibility index (Phi) is 3.46. The second-order valence-electron chi connectivity index (χ2n) is 3.79. The highest BCUT2D eigenvalue weighted by Gasteiger charge is 2.35. The molecule has 1 unspecified atom stereocenters. The Balaban J connectivity index is 2.02. The number of carbonyl (C=O) groups excluding carboxylic acids is 1. The lowest BCUT2D eigenvalue weighted by Crippen LogP contribution is -2.29. The van der Waals surface area contributed by atoms with Gasteiger partial charge in [-0.05, 0) is 0 Å². The summed E-state index contributed by atoms with van der Waals surface area (Å²) in [5, 5.41) is 0.722. The summed E-state index contributed by atoms with van der Waals surface area (Å²) in [5.41, 5.74) is 0. The lowest BCUT2D eigenvalue weighted by atomic mass is 10.1. The molecule has 0 radical (unpaired) electrons. The molecule has 16 heavy (non-hydrogen) atoms. The van der Waals surface area contributed by atoms with E-state index in [1.54, 1.807) is 4.90 Å². The molecule has 0 bridgehead atoms. The number of amides is 1. The minimum absolute atomic E-state index is 0.0570. The van der Waals surface area contributed by atoms with Crippen LogP contribution in [0.5, 0.6) is 0 Å². The van der Waals surface area contributed by atoms with Gasteiger partial charge < -0.3 is 0 Å². The van der Waals surface area contributed by atoms with Crippen LogP contribution in [0.4, 0.5) is 0 Å². The fourth-order valence-electron chi connectivity index (χ4n) is 1.85. The molecule has 0 aliphatic carbocycles. The Labute approximate surface area is 103 Å². The van der Waals surface area contributed by atoms with E-state index in [-0.39, 0.29) is 24.0 Å². The van der Waals surface area contributed by atoms with Gasteiger partial charge in [-0.2, -0.15) is 0 Å². The first-order valence-electron chi connectivity index (χ1n) is 4.85. The van der Waals surface area contributed by atoms with E-state index in [4.69, 9.17) is 10.7 Å². The predicted octanol–water partition coefficient (Wildman–Crippen LogP) is 0.506. The number of hydrogen-bond donors (Lipinski definition) is 0. The second kappa shape index (κ2) is 4.54. The lowest BCUT2D eigenvalue weighted by Gasteiger charge is -2.14. The molecule has 1 amide bonds. The maximum Gasteiger partial charge on any atom is 0.232 e. The van der Waals surface area contributed by atoms with Crippen LogP contribution >= 0.6 is 22.4 Å². The molecule has 2 aliphatic heterocycles. The van der Waals surface area contributed by atoms with Gasteiger partial charge in [0.25, 0.3) is 0 Å². The summed E-state index contributed by atoms with van der Waals surface area (Å²) in [6.45, 7) is 1.14. The number of amidine groups is 1. The molecule has 1 saturated heterocycles. The van der Waals surface area contributed by atoms with Gasteiger partial charge in [0.15, 0.2) is 5.17 Å². The molecule has 0 saturated carbocycles. The molecule has 0 aromatic heterocycles. The first-order chi connectivity index (χ1) is 7.46. The van der Waals surface area contributed by atoms with Crippen molar-refractivity contribution in [3.63, 3.8) is 0 Å². The third-order valence-corrected chi connectivity index (χ3v) is 4.68. The standard InChI is InChI=1S/C8H11ClN2O3S2/c9-16(13,14)5-6-3-7(12)11(4-6)8-10-1-2-15-8/h6H,1-5H2. The number of rotatable bonds is 2. The first kappa shape index (κ1) is 12.2. The zero-order valence-electron chi connectivity index (χ0n) is 8.43. The van der Waals surface area contributed by atoms with Crippen LogP contribution in [0, 0.1) is 5.92 Å². The Bertz CT molecular complexity index is 435. The van der Waals surface area contributed by atoms with E-state index in [1.807, 2.05) is 0 Å². The average Bonchev–Trinajstić information content (AvgIpc) is 2.71. The number of likely N-dealkylation sites (tertiary alicyclic amines) is 1. The van der Waals surface area contributed by atoms with Gasteiger partial charge in [0.2, 0.25) is 15.0 Å². The van der Waals surface area contributed by atoms with Crippen molar-refractivity contribution in [2.45, 2.75) is 6.42 Å². The van der Waals surface area contributed by atoms with Crippen LogP contribution in [0.15, 0.2) is 4.99 Å². The van der Waals surface area contributed by atoms with Gasteiger partial charge in [0.05, 0.1) is 12.3 Å². The number of aliphatic imine (C=N–C) groups is 1. The molecule has 8 heteroatoms. The van der Waals surface area contributed by atoms with Gasteiger partial charge in [-0.3, -0.25) is 14.7 Å². The maximum absolute atomic E-state index is 11.7. The highest BCUT2D eigenvalue weighted by Crippen LogP contribution is 2.26. The van der Waals surface area contributed by atoms with Crippen LogP contribution in [0.2, 0.25) is 0 Å². The summed E-state index contributed by atoms with van der Waals surface area (Å²) < 4.78 is 21.8. The van der Waals surface area contributed by atoms with Crippen molar-refractivity contribution in [3.05, 3.63) is 0 Å². The Hall–Kier alpha value is -0.270. The number of carbonyl (C=O) groups is 1. The van der Waals surface area contributed by atoms with Crippen LogP contribution in [0.3, 0.4) is 0 Å². The smallest absolute Gasteiger partial charge is 0.232 e. The van der Waals surface area contributed by atoms with E-state index in [0.717, 1.165) is 17.5 Å². The number of hydrogen-bond acceptors (Lipinski definition) is 5. The summed E-state index contributed by atoms with van der Waals surface area (Å²) in [7, 11) is 1.64. The predicted molar refractivity (Wildman–Crippen MR) is 64.2 cm³/mol. The summed E-state index contributed by atoms with van der Waals surface area (Å²) >= 11 is 1.54. The van der Waals surface area contributed by atoms with E-state index in [2.05, 4.69) is 4.99 Å². The van der Waals surface area contributed by atoms with E-state index < -0.39 is 9.05 Å². The molecule has 2 aliphatic rings. The van der Waals surface area contributed by atoms with Crippen molar-refractivity contribution in [1.82, 2.24) is 4.90 Å². The molecular weight excluding hydrogens is 272 g/mol. The monoisotopic (exact) mass is 282 g/mol. The molecule has 0 N–H and O–H groups in total. The minimum atomic E-state index is -3.53. The molecule has 90 valence electrons. The quantitative estimate of drug-likeness (QED) is 0.692. The highest BCUT2D eigenvalue weighted by molar-refractivity contribution is 8.14. The third-order valence-electron chi connectivity index (χ3n) is 2.44. The van der Waals surface area contributed by atoms with Crippen molar-refractivity contribution < 1.29 is 13.2 Å². The largest absolute Gasteiger partial charge is 0.291 e. The molecule has 0 aromatic carbocycles. The molecule has 2 heterocycles. The van der Waals surface area contributed by atoms with Crippen LogP contribution in [-0.2, 0) is 13.8 Å². The summed E-state index contributed by atoms with van der Waals surface area (Å²) in [4.78, 5) is 17.4. The summed E-state index contributed by atoms with van der Waals surface area (Å²) in [6.07, 6.45) is 0.242. The Morgan fingerprint density at radius 3 is 2.88 bits per heavy atom. The fraction of sp³-hybridized carbons (Fsp3) is 0.750. The van der Waals surface area contributed by atoms with Gasteiger partial charge >= 0.3 is 0 Å². The van der Waals surface area contributed by atoms with Gasteiger partial charge in [0.1, 0.15) is 0 Å². The first-order valence-corrected chi connectivity index (χ1v) is 8.32. The number of nitrogens with zero attached hydrogens (tertiary/aromatic N) is 2. The highest BCUT2D eigenvalue weighted by atomic mass is 35.7. The maximum atomic E-state index is 11.7. The third kappa shape index (κ3) is 2.89. The molecule has 0 spiro atoms. The van der Waals surface area contributed by atoms with Crippen molar-refractivity contribution in [3.8, 4) is 0 Å². The van der Waals surface area contributed by atoms with Gasteiger partial charge in [-0.25, -0.2) is 8.42 Å². The zero-order chi connectivity index (χ0) is 11.8. The molecule has 1 atom stereocenters. The number of halogens is 1. The normalized spacial score (nSPS) is 26.3. The van der Waals surface area contributed by atoms with Crippen LogP contribution in [-0.4, -0.2) is 49.0 Å². The SMILES string of the molecule is O=C1CC(CS(=O)(=O)Cl)CN1C1=NCCS1. The van der Waals surface area contributed by atoms with Crippen molar-refractivity contribution in [1.29, 1.82) is 0 Å². The lowest BCUT2D eigenvalue weighted by molar-refractivity contribution is -0.124. The van der Waals surface area contributed by atoms with E-state index in [0.29, 0.717) is 6.54 Å². The molecule has 2 rings (SSSR count). The Morgan fingerprint density at radius 2 is 2.31 bits per heavy atom. The van der Waals surface area contributed by atoms with Gasteiger partial charge in [-0.15, -0.1) is 0 Å². The Morgan fingerprint density at radius 1 is 1.56 bits per heavy atom. The van der Waals surface area contributed by atoms with Crippen molar-refractivity contribution in [2.75, 3.05) is 24.6 Å². The fourth-order valence-corrected chi connectivity index (χ4v) is 4.05. The molecular formula is C8H11ClN2O3S2. The van der Waals surface area contributed by atoms with Crippen LogP contribution in [0.25, 0.3) is 0 Å². The second-order valence-corrected chi connectivity index (χ2v) is 7.68. The molecule has 5 nitrogen and oxygen atoms in total. The van der Waals surface area contributed by atoms with E-state index in [1.165, 1.54) is 11.8 Å². The topological polar surface area (TPSA) is 66.8 Å². The number of thioether (sulfide) groups is 1. The minimum Gasteiger partial charge on any atom is -0.291 e.